The van der Waals surface area contributed by atoms with Gasteiger partial charge in [-0.1, -0.05) is 6.07 Å². The highest BCUT2D eigenvalue weighted by Crippen LogP contribution is 2.27. The van der Waals surface area contributed by atoms with Crippen LogP contribution in [0.1, 0.15) is 18.4 Å². The number of nitrogens with one attached hydrogen (secondary N) is 1. The first kappa shape index (κ1) is 11.9. The lowest BCUT2D eigenvalue weighted by molar-refractivity contribution is -0.117. The van der Waals surface area contributed by atoms with Crippen LogP contribution in [-0.4, -0.2) is 17.6 Å². The van der Waals surface area contributed by atoms with Crippen molar-refractivity contribution in [2.75, 3.05) is 16.8 Å². The van der Waals surface area contributed by atoms with Crippen LogP contribution in [-0.2, 0) is 4.79 Å². The summed E-state index contributed by atoms with van der Waals surface area (Å²) in [6.45, 7) is 2.78. The molecule has 1 aromatic rings. The number of hydrogen-bond donors (Lipinski definition) is 2. The summed E-state index contributed by atoms with van der Waals surface area (Å²) in [6, 6.07) is 5.78. The van der Waals surface area contributed by atoms with E-state index in [1.54, 1.807) is 0 Å². The summed E-state index contributed by atoms with van der Waals surface area (Å²) < 4.78 is 0. The lowest BCUT2D eigenvalue weighted by atomic mass is 10.1. The van der Waals surface area contributed by atoms with Gasteiger partial charge in [0.2, 0.25) is 5.91 Å². The molecule has 0 atom stereocenters. The number of aryl methyl sites for hydroxylation is 1. The van der Waals surface area contributed by atoms with E-state index >= 15 is 0 Å². The van der Waals surface area contributed by atoms with Crippen LogP contribution in [0.25, 0.3) is 0 Å². The highest BCUT2D eigenvalue weighted by Gasteiger charge is 2.23. The van der Waals surface area contributed by atoms with Crippen LogP contribution in [0.15, 0.2) is 18.2 Å². The highest BCUT2D eigenvalue weighted by atomic mass is 32.1. The number of carbonyl (C=O) groups excluding carboxylic acids is 1. The normalized spacial score (nSPS) is 15.1. The second-order valence-electron chi connectivity index (χ2n) is 4.14. The fourth-order valence-electron chi connectivity index (χ4n) is 2.02. The lowest BCUT2D eigenvalue weighted by Crippen LogP contribution is -2.25. The molecule has 1 amide bonds. The minimum atomic E-state index is 0.181. The number of thiocarbonyl (C=S) groups is 1. The fourth-order valence-corrected chi connectivity index (χ4v) is 2.14. The second kappa shape index (κ2) is 4.71. The molecule has 0 aliphatic carbocycles. The molecule has 2 rings (SSSR count). The van der Waals surface area contributed by atoms with Gasteiger partial charge in [0.05, 0.1) is 0 Å². The highest BCUT2D eigenvalue weighted by molar-refractivity contribution is 7.80. The summed E-state index contributed by atoms with van der Waals surface area (Å²) in [7, 11) is 0. The Morgan fingerprint density at radius 2 is 2.29 bits per heavy atom. The average molecular weight is 249 g/mol. The topological polar surface area (TPSA) is 58.4 Å². The number of rotatable bonds is 2. The maximum Gasteiger partial charge on any atom is 0.227 e. The van der Waals surface area contributed by atoms with E-state index in [2.05, 4.69) is 5.32 Å². The van der Waals surface area contributed by atoms with Crippen molar-refractivity contribution in [3.63, 3.8) is 0 Å². The third kappa shape index (κ3) is 2.55. The molecule has 1 aromatic carbocycles. The summed E-state index contributed by atoms with van der Waals surface area (Å²) in [6.07, 6.45) is 1.55. The molecule has 1 aliphatic heterocycles. The van der Waals surface area contributed by atoms with Gasteiger partial charge in [0.25, 0.3) is 0 Å². The first-order valence-electron chi connectivity index (χ1n) is 5.55. The molecule has 1 aliphatic rings. The van der Waals surface area contributed by atoms with E-state index in [1.807, 2.05) is 30.0 Å². The molecule has 3 N–H and O–H groups in total. The summed E-state index contributed by atoms with van der Waals surface area (Å²) in [5.74, 6) is 0.181. The first-order valence-corrected chi connectivity index (χ1v) is 5.96. The van der Waals surface area contributed by atoms with Crippen LogP contribution in [0.2, 0.25) is 0 Å². The number of carbonyl (C=O) groups is 1. The minimum Gasteiger partial charge on any atom is -0.376 e. The zero-order chi connectivity index (χ0) is 12.4. The minimum absolute atomic E-state index is 0.181. The molecule has 0 saturated carbocycles. The maximum absolute atomic E-state index is 11.7. The SMILES string of the molecule is Cc1ccc(NC(N)=S)cc1N1CCCC1=O. The lowest BCUT2D eigenvalue weighted by Gasteiger charge is -2.19. The van der Waals surface area contributed by atoms with E-state index < -0.39 is 0 Å². The smallest absolute Gasteiger partial charge is 0.227 e. The predicted octanol–water partition coefficient (Wildman–Crippen LogP) is 1.78. The molecule has 1 fully saturated rings. The van der Waals surface area contributed by atoms with Gasteiger partial charge in [0.1, 0.15) is 0 Å². The van der Waals surface area contributed by atoms with Crippen molar-refractivity contribution < 1.29 is 4.79 Å². The van der Waals surface area contributed by atoms with Crippen molar-refractivity contribution in [1.82, 2.24) is 0 Å². The summed E-state index contributed by atoms with van der Waals surface area (Å²) in [4.78, 5) is 13.5. The van der Waals surface area contributed by atoms with Crippen molar-refractivity contribution in [2.24, 2.45) is 5.73 Å². The molecule has 1 saturated heterocycles. The Labute approximate surface area is 106 Å². The fraction of sp³-hybridized carbons (Fsp3) is 0.333. The third-order valence-electron chi connectivity index (χ3n) is 2.84. The molecule has 0 radical (unpaired) electrons. The molecule has 0 bridgehead atoms. The number of anilines is 2. The van der Waals surface area contributed by atoms with E-state index in [9.17, 15) is 4.79 Å². The Morgan fingerprint density at radius 1 is 1.53 bits per heavy atom. The molecule has 90 valence electrons. The predicted molar refractivity (Wildman–Crippen MR) is 73.2 cm³/mol. The number of benzene rings is 1. The quantitative estimate of drug-likeness (QED) is 0.784. The average Bonchev–Trinajstić information content (AvgIpc) is 2.67. The van der Waals surface area contributed by atoms with Crippen LogP contribution < -0.4 is 16.0 Å². The number of hydrogen-bond acceptors (Lipinski definition) is 2. The van der Waals surface area contributed by atoms with Crippen LogP contribution in [0.5, 0.6) is 0 Å². The molecule has 17 heavy (non-hydrogen) atoms. The van der Waals surface area contributed by atoms with Crippen molar-refractivity contribution in [2.45, 2.75) is 19.8 Å². The zero-order valence-electron chi connectivity index (χ0n) is 9.69. The zero-order valence-corrected chi connectivity index (χ0v) is 10.5. The Kier molecular flexibility index (Phi) is 3.28. The van der Waals surface area contributed by atoms with E-state index in [-0.39, 0.29) is 11.0 Å². The molecule has 0 unspecified atom stereocenters. The van der Waals surface area contributed by atoms with E-state index in [4.69, 9.17) is 18.0 Å². The van der Waals surface area contributed by atoms with E-state index in [0.717, 1.165) is 29.9 Å². The van der Waals surface area contributed by atoms with Gasteiger partial charge in [-0.2, -0.15) is 0 Å². The Hall–Kier alpha value is -1.62. The van der Waals surface area contributed by atoms with Gasteiger partial charge >= 0.3 is 0 Å². The van der Waals surface area contributed by atoms with Crippen molar-refractivity contribution in [3.8, 4) is 0 Å². The number of nitrogens with zero attached hydrogens (tertiary/aromatic N) is 1. The standard InChI is InChI=1S/C12H15N3OS/c1-8-4-5-9(14-12(13)17)7-10(8)15-6-2-3-11(15)16/h4-5,7H,2-3,6H2,1H3,(H3,13,14,17). The molecule has 0 spiro atoms. The Bertz CT molecular complexity index is 473. The summed E-state index contributed by atoms with van der Waals surface area (Å²) in [5, 5.41) is 3.11. The maximum atomic E-state index is 11.7. The summed E-state index contributed by atoms with van der Waals surface area (Å²) >= 11 is 4.80. The largest absolute Gasteiger partial charge is 0.376 e. The number of nitrogens with two attached hydrogens (primary N) is 1. The molecule has 0 aromatic heterocycles. The van der Waals surface area contributed by atoms with Gasteiger partial charge < -0.3 is 16.0 Å². The van der Waals surface area contributed by atoms with Crippen LogP contribution in [0.3, 0.4) is 0 Å². The van der Waals surface area contributed by atoms with Crippen LogP contribution in [0, 0.1) is 6.92 Å². The molecule has 1 heterocycles. The Balaban J connectivity index is 2.32. The monoisotopic (exact) mass is 249 g/mol. The Morgan fingerprint density at radius 3 is 2.88 bits per heavy atom. The van der Waals surface area contributed by atoms with Gasteiger partial charge in [-0.25, -0.2) is 0 Å². The summed E-state index contributed by atoms with van der Waals surface area (Å²) in [5.41, 5.74) is 8.27. The van der Waals surface area contributed by atoms with E-state index in [1.165, 1.54) is 0 Å². The number of amides is 1. The second-order valence-corrected chi connectivity index (χ2v) is 4.58. The van der Waals surface area contributed by atoms with Gasteiger partial charge in [0, 0.05) is 24.3 Å². The van der Waals surface area contributed by atoms with Crippen LogP contribution >= 0.6 is 12.2 Å². The van der Waals surface area contributed by atoms with Crippen LogP contribution in [0.4, 0.5) is 11.4 Å². The van der Waals surface area contributed by atoms with Crippen molar-refractivity contribution in [3.05, 3.63) is 23.8 Å². The van der Waals surface area contributed by atoms with Gasteiger partial charge in [-0.15, -0.1) is 0 Å². The molecular weight excluding hydrogens is 234 g/mol. The van der Waals surface area contributed by atoms with E-state index in [0.29, 0.717) is 6.42 Å². The molecular formula is C12H15N3OS. The van der Waals surface area contributed by atoms with Gasteiger partial charge in [0.15, 0.2) is 5.11 Å². The van der Waals surface area contributed by atoms with Gasteiger partial charge in [-0.05, 0) is 43.3 Å². The molecule has 4 nitrogen and oxygen atoms in total. The molecule has 5 heteroatoms. The van der Waals surface area contributed by atoms with Crippen molar-refractivity contribution >= 4 is 34.6 Å². The van der Waals surface area contributed by atoms with Crippen molar-refractivity contribution in [1.29, 1.82) is 0 Å². The van der Waals surface area contributed by atoms with Gasteiger partial charge in [-0.3, -0.25) is 4.79 Å². The third-order valence-corrected chi connectivity index (χ3v) is 2.94. The first-order chi connectivity index (χ1) is 8.08.